The summed E-state index contributed by atoms with van der Waals surface area (Å²) in [5, 5.41) is 2.88. The van der Waals surface area contributed by atoms with Crippen molar-refractivity contribution in [3.8, 4) is 0 Å². The lowest BCUT2D eigenvalue weighted by Gasteiger charge is -2.11. The second-order valence-corrected chi connectivity index (χ2v) is 8.34. The number of anilines is 1. The van der Waals surface area contributed by atoms with Crippen molar-refractivity contribution < 1.29 is 13.2 Å². The van der Waals surface area contributed by atoms with Crippen LogP contribution in [-0.2, 0) is 16.4 Å². The summed E-state index contributed by atoms with van der Waals surface area (Å²) >= 11 is 0. The van der Waals surface area contributed by atoms with Crippen LogP contribution in [0.4, 0.5) is 5.69 Å². The fourth-order valence-electron chi connectivity index (χ4n) is 2.50. The molecule has 0 aliphatic heterocycles. The Balaban J connectivity index is 2.07. The van der Waals surface area contributed by atoms with Gasteiger partial charge in [0.1, 0.15) is 0 Å². The molecule has 0 bridgehead atoms. The van der Waals surface area contributed by atoms with Gasteiger partial charge in [-0.2, -0.15) is 0 Å². The van der Waals surface area contributed by atoms with Crippen LogP contribution in [-0.4, -0.2) is 20.9 Å². The van der Waals surface area contributed by atoms with E-state index in [2.05, 4.69) is 10.0 Å². The van der Waals surface area contributed by atoms with Gasteiger partial charge < -0.3 is 5.32 Å². The van der Waals surface area contributed by atoms with Crippen molar-refractivity contribution in [3.05, 3.63) is 59.7 Å². The van der Waals surface area contributed by atoms with Crippen LogP contribution in [0, 0.1) is 5.92 Å². The number of hydrogen-bond acceptors (Lipinski definition) is 3. The third kappa shape index (κ3) is 5.41. The molecule has 2 aromatic carbocycles. The highest BCUT2D eigenvalue weighted by molar-refractivity contribution is 7.89. The highest BCUT2D eigenvalue weighted by atomic mass is 32.2. The quantitative estimate of drug-likeness (QED) is 0.737. The van der Waals surface area contributed by atoms with Crippen molar-refractivity contribution in [1.29, 1.82) is 0 Å². The molecule has 0 atom stereocenters. The molecule has 2 N–H and O–H groups in total. The van der Waals surface area contributed by atoms with E-state index in [-0.39, 0.29) is 10.8 Å². The van der Waals surface area contributed by atoms with Gasteiger partial charge in [0.05, 0.1) is 4.90 Å². The lowest BCUT2D eigenvalue weighted by molar-refractivity contribution is 0.102. The van der Waals surface area contributed by atoms with E-state index in [0.717, 1.165) is 24.1 Å². The normalized spacial score (nSPS) is 11.5. The summed E-state index contributed by atoms with van der Waals surface area (Å²) in [7, 11) is -3.55. The fraction of sp³-hybridized carbons (Fsp3) is 0.350. The summed E-state index contributed by atoms with van der Waals surface area (Å²) in [5.41, 5.74) is 2.23. The van der Waals surface area contributed by atoms with Crippen molar-refractivity contribution in [2.24, 2.45) is 5.92 Å². The highest BCUT2D eigenvalue weighted by Crippen LogP contribution is 2.17. The zero-order valence-corrected chi connectivity index (χ0v) is 16.3. The molecule has 0 saturated heterocycles. The maximum Gasteiger partial charge on any atom is 0.255 e. The Hall–Kier alpha value is -2.18. The minimum absolute atomic E-state index is 0.159. The van der Waals surface area contributed by atoms with Crippen LogP contribution in [0.1, 0.15) is 43.1 Å². The van der Waals surface area contributed by atoms with Crippen LogP contribution in [0.15, 0.2) is 53.4 Å². The van der Waals surface area contributed by atoms with Gasteiger partial charge in [-0.05, 0) is 54.7 Å². The summed E-state index contributed by atoms with van der Waals surface area (Å²) in [4.78, 5) is 12.6. The molecule has 0 heterocycles. The molecule has 0 spiro atoms. The second-order valence-electron chi connectivity index (χ2n) is 6.57. The van der Waals surface area contributed by atoms with Crippen molar-refractivity contribution in [2.75, 3.05) is 11.9 Å². The zero-order valence-electron chi connectivity index (χ0n) is 15.5. The van der Waals surface area contributed by atoms with Crippen LogP contribution in [0.25, 0.3) is 0 Å². The number of aryl methyl sites for hydroxylation is 1. The van der Waals surface area contributed by atoms with Crippen LogP contribution in [0.5, 0.6) is 0 Å². The van der Waals surface area contributed by atoms with E-state index in [4.69, 9.17) is 0 Å². The zero-order chi connectivity index (χ0) is 19.2. The predicted octanol–water partition coefficient (Wildman–Crippen LogP) is 3.83. The minimum atomic E-state index is -3.55. The van der Waals surface area contributed by atoms with E-state index in [0.29, 0.717) is 18.0 Å². The molecule has 0 unspecified atom stereocenters. The number of benzene rings is 2. The van der Waals surface area contributed by atoms with Gasteiger partial charge in [-0.25, -0.2) is 13.1 Å². The lowest BCUT2D eigenvalue weighted by atomic mass is 10.1. The van der Waals surface area contributed by atoms with E-state index in [1.54, 1.807) is 0 Å². The van der Waals surface area contributed by atoms with Gasteiger partial charge >= 0.3 is 0 Å². The predicted molar refractivity (Wildman–Crippen MR) is 105 cm³/mol. The third-order valence-corrected chi connectivity index (χ3v) is 5.56. The van der Waals surface area contributed by atoms with E-state index in [1.807, 2.05) is 45.0 Å². The molecule has 2 aromatic rings. The largest absolute Gasteiger partial charge is 0.322 e. The first-order chi connectivity index (χ1) is 12.3. The molecule has 0 aromatic heterocycles. The van der Waals surface area contributed by atoms with E-state index in [1.165, 1.54) is 24.3 Å². The Labute approximate surface area is 155 Å². The fourth-order valence-corrected chi connectivity index (χ4v) is 3.54. The van der Waals surface area contributed by atoms with Gasteiger partial charge in [-0.1, -0.05) is 39.0 Å². The molecule has 2 rings (SSSR count). The Morgan fingerprint density at radius 3 is 2.31 bits per heavy atom. The Kier molecular flexibility index (Phi) is 6.94. The lowest BCUT2D eigenvalue weighted by Crippen LogP contribution is -2.25. The molecule has 6 heteroatoms. The average Bonchev–Trinajstić information content (AvgIpc) is 2.61. The smallest absolute Gasteiger partial charge is 0.255 e. The first-order valence-electron chi connectivity index (χ1n) is 8.82. The number of rotatable bonds is 8. The van der Waals surface area contributed by atoms with E-state index >= 15 is 0 Å². The number of carbonyl (C=O) groups is 1. The molecule has 0 radical (unpaired) electrons. The van der Waals surface area contributed by atoms with Gasteiger partial charge in [0, 0.05) is 17.8 Å². The number of para-hydroxylation sites is 1. The number of hydrogen-bond donors (Lipinski definition) is 2. The van der Waals surface area contributed by atoms with Gasteiger partial charge in [0.2, 0.25) is 10.0 Å². The summed E-state index contributed by atoms with van der Waals surface area (Å²) in [6, 6.07) is 13.6. The second kappa shape index (κ2) is 8.96. The first-order valence-corrected chi connectivity index (χ1v) is 10.3. The highest BCUT2D eigenvalue weighted by Gasteiger charge is 2.15. The number of sulfonamides is 1. The third-order valence-electron chi connectivity index (χ3n) is 4.09. The molecule has 0 fully saturated rings. The number of carbonyl (C=O) groups excluding carboxylic acids is 1. The van der Waals surface area contributed by atoms with Crippen LogP contribution >= 0.6 is 0 Å². The molecular formula is C20H26N2O3S. The molecule has 0 aliphatic carbocycles. The van der Waals surface area contributed by atoms with Crippen molar-refractivity contribution in [2.45, 2.75) is 38.5 Å². The van der Waals surface area contributed by atoms with Crippen LogP contribution in [0.3, 0.4) is 0 Å². The molecule has 5 nitrogen and oxygen atoms in total. The molecule has 1 amide bonds. The summed E-state index contributed by atoms with van der Waals surface area (Å²) in [6.07, 6.45) is 1.59. The van der Waals surface area contributed by atoms with Gasteiger partial charge in [-0.3, -0.25) is 4.79 Å². The maximum atomic E-state index is 12.4. The summed E-state index contributed by atoms with van der Waals surface area (Å²) < 4.78 is 27.1. The molecule has 0 saturated carbocycles. The molecule has 26 heavy (non-hydrogen) atoms. The Morgan fingerprint density at radius 1 is 1.04 bits per heavy atom. The van der Waals surface area contributed by atoms with Gasteiger partial charge in [0.25, 0.3) is 5.91 Å². The molecular weight excluding hydrogens is 348 g/mol. The van der Waals surface area contributed by atoms with Crippen LogP contribution in [0.2, 0.25) is 0 Å². The van der Waals surface area contributed by atoms with Gasteiger partial charge in [-0.15, -0.1) is 0 Å². The number of nitrogens with one attached hydrogen (secondary N) is 2. The SMILES string of the molecule is CCc1ccccc1NC(=O)c1ccc(S(=O)(=O)NCCC(C)C)cc1. The van der Waals surface area contributed by atoms with E-state index < -0.39 is 10.0 Å². The molecule has 0 aliphatic rings. The van der Waals surface area contributed by atoms with Gasteiger partial charge in [0.15, 0.2) is 0 Å². The average molecular weight is 375 g/mol. The topological polar surface area (TPSA) is 75.3 Å². The molecule has 140 valence electrons. The Morgan fingerprint density at radius 2 is 1.69 bits per heavy atom. The van der Waals surface area contributed by atoms with Crippen molar-refractivity contribution in [1.82, 2.24) is 4.72 Å². The first kappa shape index (κ1) is 20.1. The maximum absolute atomic E-state index is 12.4. The standard InChI is InChI=1S/C20H26N2O3S/c1-4-16-7-5-6-8-19(16)22-20(23)17-9-11-18(12-10-17)26(24,25)21-14-13-15(2)3/h5-12,15,21H,4,13-14H2,1-3H3,(H,22,23). The number of amides is 1. The van der Waals surface area contributed by atoms with E-state index in [9.17, 15) is 13.2 Å². The monoisotopic (exact) mass is 374 g/mol. The van der Waals surface area contributed by atoms with Crippen LogP contribution < -0.4 is 10.0 Å². The van der Waals surface area contributed by atoms with Crippen molar-refractivity contribution in [3.63, 3.8) is 0 Å². The minimum Gasteiger partial charge on any atom is -0.322 e. The summed E-state index contributed by atoms with van der Waals surface area (Å²) in [6.45, 7) is 6.50. The van der Waals surface area contributed by atoms with Crippen molar-refractivity contribution >= 4 is 21.6 Å². The Bertz CT molecular complexity index is 844. The summed E-state index contributed by atoms with van der Waals surface area (Å²) in [5.74, 6) is 0.164.